The van der Waals surface area contributed by atoms with E-state index < -0.39 is 0 Å². The molecule has 3 nitrogen and oxygen atoms in total. The van der Waals surface area contributed by atoms with Crippen molar-refractivity contribution in [1.29, 1.82) is 0 Å². The first-order valence-electron chi connectivity index (χ1n) is 8.97. The van der Waals surface area contributed by atoms with Gasteiger partial charge in [0.15, 0.2) is 0 Å². The standard InChI is InChI=1S/C21H26N2OS/c1-16-5-11-20(12-6-16)25-17(2)21(24)22-15-18-7-9-19(10-8-18)23-13-3-4-14-23/h5-12,17H,3-4,13-15H2,1-2H3,(H,22,24)/t17-/m0/s1. The van der Waals surface area contributed by atoms with E-state index in [4.69, 9.17) is 0 Å². The molecule has 3 rings (SSSR count). The molecular weight excluding hydrogens is 328 g/mol. The van der Waals surface area contributed by atoms with Gasteiger partial charge < -0.3 is 10.2 Å². The van der Waals surface area contributed by atoms with Crippen LogP contribution < -0.4 is 10.2 Å². The summed E-state index contributed by atoms with van der Waals surface area (Å²) < 4.78 is 0. The summed E-state index contributed by atoms with van der Waals surface area (Å²) in [5, 5.41) is 2.94. The second kappa shape index (κ2) is 8.43. The Morgan fingerprint density at radius 1 is 1.08 bits per heavy atom. The molecule has 1 heterocycles. The number of benzene rings is 2. The lowest BCUT2D eigenvalue weighted by Crippen LogP contribution is -2.30. The molecule has 0 aromatic heterocycles. The third-order valence-corrected chi connectivity index (χ3v) is 5.69. The molecule has 132 valence electrons. The van der Waals surface area contributed by atoms with E-state index in [0.717, 1.165) is 23.5 Å². The monoisotopic (exact) mass is 354 g/mol. The molecule has 1 fully saturated rings. The second-order valence-corrected chi connectivity index (χ2v) is 8.07. The van der Waals surface area contributed by atoms with Crippen LogP contribution in [0.1, 0.15) is 30.9 Å². The molecule has 4 heteroatoms. The highest BCUT2D eigenvalue weighted by molar-refractivity contribution is 8.00. The number of anilines is 1. The molecule has 1 atom stereocenters. The van der Waals surface area contributed by atoms with Gasteiger partial charge in [0.05, 0.1) is 5.25 Å². The summed E-state index contributed by atoms with van der Waals surface area (Å²) in [6.07, 6.45) is 2.57. The van der Waals surface area contributed by atoms with Gasteiger partial charge in [0.2, 0.25) is 5.91 Å². The van der Waals surface area contributed by atoms with E-state index in [9.17, 15) is 4.79 Å². The largest absolute Gasteiger partial charge is 0.372 e. The van der Waals surface area contributed by atoms with E-state index in [0.29, 0.717) is 6.54 Å². The molecule has 0 aliphatic carbocycles. The van der Waals surface area contributed by atoms with Crippen LogP contribution in [-0.2, 0) is 11.3 Å². The highest BCUT2D eigenvalue weighted by Crippen LogP contribution is 2.24. The molecular formula is C21H26N2OS. The number of rotatable bonds is 6. The molecule has 1 N–H and O–H groups in total. The zero-order valence-electron chi connectivity index (χ0n) is 15.0. The van der Waals surface area contributed by atoms with Crippen molar-refractivity contribution in [1.82, 2.24) is 5.32 Å². The van der Waals surface area contributed by atoms with Crippen molar-refractivity contribution in [2.45, 2.75) is 43.4 Å². The lowest BCUT2D eigenvalue weighted by Gasteiger charge is -2.18. The average molecular weight is 355 g/mol. The third-order valence-electron chi connectivity index (χ3n) is 4.58. The molecule has 0 radical (unpaired) electrons. The lowest BCUT2D eigenvalue weighted by molar-refractivity contribution is -0.120. The van der Waals surface area contributed by atoms with Crippen LogP contribution in [0.15, 0.2) is 53.4 Å². The zero-order valence-corrected chi connectivity index (χ0v) is 15.8. The van der Waals surface area contributed by atoms with Crippen LogP contribution in [0, 0.1) is 6.92 Å². The van der Waals surface area contributed by atoms with Crippen molar-refractivity contribution in [2.75, 3.05) is 18.0 Å². The summed E-state index contributed by atoms with van der Waals surface area (Å²) in [6, 6.07) is 16.9. The second-order valence-electron chi connectivity index (χ2n) is 6.65. The summed E-state index contributed by atoms with van der Waals surface area (Å²) in [5.74, 6) is 0.0780. The van der Waals surface area contributed by atoms with Crippen molar-refractivity contribution in [3.8, 4) is 0 Å². The molecule has 1 aliphatic rings. The molecule has 2 aromatic rings. The van der Waals surface area contributed by atoms with Crippen molar-refractivity contribution < 1.29 is 4.79 Å². The fourth-order valence-corrected chi connectivity index (χ4v) is 3.90. The molecule has 1 aliphatic heterocycles. The summed E-state index contributed by atoms with van der Waals surface area (Å²) in [4.78, 5) is 15.9. The van der Waals surface area contributed by atoms with Crippen molar-refractivity contribution in [3.63, 3.8) is 0 Å². The molecule has 0 unspecified atom stereocenters. The normalized spacial score (nSPS) is 15.2. The highest BCUT2D eigenvalue weighted by Gasteiger charge is 2.15. The smallest absolute Gasteiger partial charge is 0.233 e. The minimum absolute atomic E-state index is 0.0780. The van der Waals surface area contributed by atoms with Gasteiger partial charge in [0.1, 0.15) is 0 Å². The van der Waals surface area contributed by atoms with Gasteiger partial charge in [-0.3, -0.25) is 4.79 Å². The number of hydrogen-bond acceptors (Lipinski definition) is 3. The Morgan fingerprint density at radius 3 is 2.36 bits per heavy atom. The van der Waals surface area contributed by atoms with E-state index in [1.165, 1.54) is 24.1 Å². The van der Waals surface area contributed by atoms with Gasteiger partial charge in [0, 0.05) is 30.2 Å². The zero-order chi connectivity index (χ0) is 17.6. The summed E-state index contributed by atoms with van der Waals surface area (Å²) in [7, 11) is 0. The molecule has 25 heavy (non-hydrogen) atoms. The van der Waals surface area contributed by atoms with Crippen molar-refractivity contribution >= 4 is 23.4 Å². The maximum atomic E-state index is 12.3. The van der Waals surface area contributed by atoms with Gasteiger partial charge >= 0.3 is 0 Å². The third kappa shape index (κ3) is 5.02. The van der Waals surface area contributed by atoms with Crippen molar-refractivity contribution in [3.05, 3.63) is 59.7 Å². The van der Waals surface area contributed by atoms with Gasteiger partial charge in [-0.1, -0.05) is 29.8 Å². The Labute approximate surface area is 154 Å². The first kappa shape index (κ1) is 17.9. The first-order chi connectivity index (χ1) is 12.1. The van der Waals surface area contributed by atoms with Gasteiger partial charge in [-0.05, 0) is 56.5 Å². The van der Waals surface area contributed by atoms with Crippen molar-refractivity contribution in [2.24, 2.45) is 0 Å². The number of nitrogens with one attached hydrogen (secondary N) is 1. The van der Waals surface area contributed by atoms with Gasteiger partial charge in [0.25, 0.3) is 0 Å². The fraction of sp³-hybridized carbons (Fsp3) is 0.381. The summed E-state index contributed by atoms with van der Waals surface area (Å²) in [5.41, 5.74) is 3.67. The number of amides is 1. The van der Waals surface area contributed by atoms with Gasteiger partial charge in [-0.25, -0.2) is 0 Å². The SMILES string of the molecule is Cc1ccc(S[C@@H](C)C(=O)NCc2ccc(N3CCCC3)cc2)cc1. The molecule has 0 bridgehead atoms. The Morgan fingerprint density at radius 2 is 1.72 bits per heavy atom. The topological polar surface area (TPSA) is 32.3 Å². The number of carbonyl (C=O) groups excluding carboxylic acids is 1. The van der Waals surface area contributed by atoms with Crippen LogP contribution >= 0.6 is 11.8 Å². The van der Waals surface area contributed by atoms with Crippen LogP contribution in [0.25, 0.3) is 0 Å². The number of nitrogens with zero attached hydrogens (tertiary/aromatic N) is 1. The molecule has 1 saturated heterocycles. The Hall–Kier alpha value is -1.94. The van der Waals surface area contributed by atoms with Gasteiger partial charge in [-0.2, -0.15) is 0 Å². The maximum Gasteiger partial charge on any atom is 0.233 e. The molecule has 2 aromatic carbocycles. The molecule has 0 saturated carbocycles. The van der Waals surface area contributed by atoms with Crippen LogP contribution in [0.5, 0.6) is 0 Å². The minimum atomic E-state index is -0.105. The number of aryl methyl sites for hydroxylation is 1. The number of thioether (sulfide) groups is 1. The van der Waals surface area contributed by atoms with Crippen LogP contribution in [-0.4, -0.2) is 24.2 Å². The first-order valence-corrected chi connectivity index (χ1v) is 9.85. The Kier molecular flexibility index (Phi) is 6.03. The molecule has 1 amide bonds. The Balaban J connectivity index is 1.48. The summed E-state index contributed by atoms with van der Waals surface area (Å²) in [6.45, 7) is 6.92. The number of hydrogen-bond donors (Lipinski definition) is 1. The fourth-order valence-electron chi connectivity index (χ4n) is 3.01. The van der Waals surface area contributed by atoms with E-state index in [1.54, 1.807) is 11.8 Å². The summed E-state index contributed by atoms with van der Waals surface area (Å²) >= 11 is 1.60. The van der Waals surface area contributed by atoms with E-state index in [-0.39, 0.29) is 11.2 Å². The van der Waals surface area contributed by atoms with E-state index >= 15 is 0 Å². The predicted octanol–water partition coefficient (Wildman–Crippen LogP) is 4.39. The average Bonchev–Trinajstić information content (AvgIpc) is 3.16. The maximum absolute atomic E-state index is 12.3. The van der Waals surface area contributed by atoms with Crippen LogP contribution in [0.4, 0.5) is 5.69 Å². The number of carbonyl (C=O) groups is 1. The van der Waals surface area contributed by atoms with Crippen LogP contribution in [0.3, 0.4) is 0 Å². The van der Waals surface area contributed by atoms with E-state index in [1.807, 2.05) is 6.92 Å². The van der Waals surface area contributed by atoms with Gasteiger partial charge in [-0.15, -0.1) is 11.8 Å². The highest BCUT2D eigenvalue weighted by atomic mass is 32.2. The van der Waals surface area contributed by atoms with Crippen LogP contribution in [0.2, 0.25) is 0 Å². The quantitative estimate of drug-likeness (QED) is 0.781. The van der Waals surface area contributed by atoms with E-state index in [2.05, 4.69) is 65.7 Å². The Bertz CT molecular complexity index is 691. The lowest BCUT2D eigenvalue weighted by atomic mass is 10.2. The minimum Gasteiger partial charge on any atom is -0.372 e. The predicted molar refractivity (Wildman–Crippen MR) is 106 cm³/mol. The molecule has 0 spiro atoms.